The normalized spacial score (nSPS) is 73.9. The SMILES string of the molecule is ClC1C2CC3C4CC5CC(C14)C(C2)C3(Cl)C5. The van der Waals surface area contributed by atoms with Gasteiger partial charge in [0.05, 0.1) is 4.87 Å². The molecule has 5 unspecified atom stereocenters. The molecule has 0 aromatic heterocycles. The third-order valence-corrected chi connectivity index (χ3v) is 8.36. The Bertz CT molecular complexity index is 338. The molecule has 7 aliphatic rings. The van der Waals surface area contributed by atoms with Gasteiger partial charge in [-0.05, 0) is 73.5 Å². The summed E-state index contributed by atoms with van der Waals surface area (Å²) in [6, 6.07) is 0. The topological polar surface area (TPSA) is 0 Å². The second kappa shape index (κ2) is 2.62. The van der Waals surface area contributed by atoms with Crippen molar-refractivity contribution in [2.75, 3.05) is 0 Å². The first-order chi connectivity index (χ1) is 7.68. The van der Waals surface area contributed by atoms with Gasteiger partial charge in [-0.15, -0.1) is 23.2 Å². The maximum absolute atomic E-state index is 7.09. The third kappa shape index (κ3) is 0.811. The van der Waals surface area contributed by atoms with Crippen LogP contribution in [-0.4, -0.2) is 10.3 Å². The number of halogens is 2. The first-order valence-electron chi connectivity index (χ1n) is 7.01. The molecule has 0 nitrogen and oxygen atoms in total. The summed E-state index contributed by atoms with van der Waals surface area (Å²) in [6.07, 6.45) is 6.97. The fourth-order valence-corrected chi connectivity index (χ4v) is 8.10. The van der Waals surface area contributed by atoms with Crippen LogP contribution < -0.4 is 0 Å². The molecule has 0 saturated heterocycles. The minimum absolute atomic E-state index is 0.223. The zero-order valence-corrected chi connectivity index (χ0v) is 10.9. The molecule has 7 rings (SSSR count). The minimum atomic E-state index is 0.223. The molecule has 0 radical (unpaired) electrons. The predicted molar refractivity (Wildman–Crippen MR) is 65.7 cm³/mol. The molecular weight excluding hydrogens is 239 g/mol. The van der Waals surface area contributed by atoms with E-state index in [1.54, 1.807) is 0 Å². The third-order valence-electron chi connectivity index (χ3n) is 7.00. The fraction of sp³-hybridized carbons (Fsp3) is 1.00. The number of rotatable bonds is 0. The summed E-state index contributed by atoms with van der Waals surface area (Å²) < 4.78 is 0. The first kappa shape index (κ1) is 9.50. The highest BCUT2D eigenvalue weighted by Gasteiger charge is 2.71. The highest BCUT2D eigenvalue weighted by molar-refractivity contribution is 6.25. The lowest BCUT2D eigenvalue weighted by Crippen LogP contribution is -2.71. The van der Waals surface area contributed by atoms with E-state index in [1.807, 2.05) is 0 Å². The van der Waals surface area contributed by atoms with Crippen LogP contribution in [0.5, 0.6) is 0 Å². The fourth-order valence-electron chi connectivity index (χ4n) is 6.80. The molecule has 16 heavy (non-hydrogen) atoms. The Balaban J connectivity index is 1.72. The molecule has 0 N–H and O–H groups in total. The van der Waals surface area contributed by atoms with E-state index in [0.717, 1.165) is 41.4 Å². The Kier molecular flexibility index (Phi) is 1.55. The molecule has 7 fully saturated rings. The average molecular weight is 257 g/mol. The predicted octanol–water partition coefficient (Wildman–Crippen LogP) is 3.90. The first-order valence-corrected chi connectivity index (χ1v) is 7.83. The van der Waals surface area contributed by atoms with Gasteiger partial charge in [0.2, 0.25) is 0 Å². The number of alkyl halides is 2. The van der Waals surface area contributed by atoms with E-state index in [-0.39, 0.29) is 4.87 Å². The summed E-state index contributed by atoms with van der Waals surface area (Å²) >= 11 is 13.8. The summed E-state index contributed by atoms with van der Waals surface area (Å²) in [6.45, 7) is 0. The van der Waals surface area contributed by atoms with E-state index in [4.69, 9.17) is 23.2 Å². The Hall–Kier alpha value is 0.580. The Morgan fingerprint density at radius 2 is 1.56 bits per heavy atom. The van der Waals surface area contributed by atoms with Crippen LogP contribution in [0.25, 0.3) is 0 Å². The summed E-state index contributed by atoms with van der Waals surface area (Å²) in [5, 5.41) is 0.503. The zero-order chi connectivity index (χ0) is 10.7. The highest BCUT2D eigenvalue weighted by atomic mass is 35.5. The quantitative estimate of drug-likeness (QED) is 0.577. The molecule has 2 heteroatoms. The van der Waals surface area contributed by atoms with Gasteiger partial charge in [0.15, 0.2) is 0 Å². The molecular formula is C14H18Cl2. The summed E-state index contributed by atoms with van der Waals surface area (Å²) in [5.74, 6) is 6.12. The minimum Gasteiger partial charge on any atom is -0.122 e. The zero-order valence-electron chi connectivity index (χ0n) is 9.41. The molecule has 5 atom stereocenters. The van der Waals surface area contributed by atoms with Crippen molar-refractivity contribution in [2.24, 2.45) is 41.4 Å². The maximum atomic E-state index is 7.09. The molecule has 0 aliphatic heterocycles. The Morgan fingerprint density at radius 3 is 2.19 bits per heavy atom. The van der Waals surface area contributed by atoms with Crippen molar-refractivity contribution in [3.05, 3.63) is 0 Å². The second-order valence-corrected chi connectivity index (χ2v) is 8.47. The molecule has 88 valence electrons. The molecule has 0 spiro atoms. The van der Waals surface area contributed by atoms with E-state index >= 15 is 0 Å². The van der Waals surface area contributed by atoms with Crippen LogP contribution >= 0.6 is 23.2 Å². The Labute approximate surface area is 107 Å². The van der Waals surface area contributed by atoms with Gasteiger partial charge in [-0.2, -0.15) is 0 Å². The van der Waals surface area contributed by atoms with Crippen LogP contribution in [0.2, 0.25) is 0 Å². The Morgan fingerprint density at radius 1 is 0.938 bits per heavy atom. The van der Waals surface area contributed by atoms with Gasteiger partial charge in [0, 0.05) is 5.38 Å². The van der Waals surface area contributed by atoms with Crippen LogP contribution in [0.3, 0.4) is 0 Å². The number of hydrogen-bond acceptors (Lipinski definition) is 0. The molecule has 0 heterocycles. The van der Waals surface area contributed by atoms with Gasteiger partial charge in [-0.1, -0.05) is 0 Å². The van der Waals surface area contributed by atoms with E-state index in [9.17, 15) is 0 Å². The smallest absolute Gasteiger partial charge is 0.0511 e. The van der Waals surface area contributed by atoms with Gasteiger partial charge in [0.1, 0.15) is 0 Å². The largest absolute Gasteiger partial charge is 0.122 e. The van der Waals surface area contributed by atoms with Crippen molar-refractivity contribution in [1.29, 1.82) is 0 Å². The van der Waals surface area contributed by atoms with Crippen LogP contribution in [0, 0.1) is 41.4 Å². The lowest BCUT2D eigenvalue weighted by atomic mass is 9.35. The summed E-state index contributed by atoms with van der Waals surface area (Å²) in [7, 11) is 0. The van der Waals surface area contributed by atoms with Crippen molar-refractivity contribution in [3.8, 4) is 0 Å². The van der Waals surface area contributed by atoms with Gasteiger partial charge >= 0.3 is 0 Å². The van der Waals surface area contributed by atoms with Gasteiger partial charge in [-0.3, -0.25) is 0 Å². The van der Waals surface area contributed by atoms with E-state index in [0.29, 0.717) is 5.38 Å². The molecule has 8 bridgehead atoms. The lowest BCUT2D eigenvalue weighted by Gasteiger charge is -2.73. The molecule has 0 amide bonds. The monoisotopic (exact) mass is 256 g/mol. The standard InChI is InChI=1S/C14H18Cl2/c15-13-7-3-10-8-1-6-2-9(12(8)13)11(4-7)14(10,16)5-6/h6-13H,1-5H2. The van der Waals surface area contributed by atoms with Gasteiger partial charge < -0.3 is 0 Å². The van der Waals surface area contributed by atoms with E-state index in [1.165, 1.54) is 32.1 Å². The van der Waals surface area contributed by atoms with Crippen LogP contribution in [-0.2, 0) is 0 Å². The molecule has 7 saturated carbocycles. The van der Waals surface area contributed by atoms with Crippen molar-refractivity contribution >= 4 is 23.2 Å². The highest BCUT2D eigenvalue weighted by Crippen LogP contribution is 2.75. The molecule has 7 aliphatic carbocycles. The summed E-state index contributed by atoms with van der Waals surface area (Å²) in [4.78, 5) is 0.223. The van der Waals surface area contributed by atoms with Crippen molar-refractivity contribution < 1.29 is 0 Å². The average Bonchev–Trinajstić information content (AvgIpc) is 2.25. The number of hydrogen-bond donors (Lipinski definition) is 0. The van der Waals surface area contributed by atoms with Crippen molar-refractivity contribution in [1.82, 2.24) is 0 Å². The lowest BCUT2D eigenvalue weighted by molar-refractivity contribution is -0.187. The summed E-state index contributed by atoms with van der Waals surface area (Å²) in [5.41, 5.74) is 0. The van der Waals surface area contributed by atoms with Crippen molar-refractivity contribution in [3.63, 3.8) is 0 Å². The van der Waals surface area contributed by atoms with Crippen LogP contribution in [0.15, 0.2) is 0 Å². The van der Waals surface area contributed by atoms with Gasteiger partial charge in [-0.25, -0.2) is 0 Å². The van der Waals surface area contributed by atoms with Crippen LogP contribution in [0.1, 0.15) is 32.1 Å². The molecule has 0 aromatic carbocycles. The second-order valence-electron chi connectivity index (χ2n) is 7.26. The van der Waals surface area contributed by atoms with Crippen molar-refractivity contribution in [2.45, 2.75) is 42.4 Å². The molecule has 0 aromatic rings. The van der Waals surface area contributed by atoms with Gasteiger partial charge in [0.25, 0.3) is 0 Å². The van der Waals surface area contributed by atoms with E-state index < -0.39 is 0 Å². The van der Waals surface area contributed by atoms with E-state index in [2.05, 4.69) is 0 Å². The maximum Gasteiger partial charge on any atom is 0.0511 e. The van der Waals surface area contributed by atoms with Crippen LogP contribution in [0.4, 0.5) is 0 Å².